The second-order valence-corrected chi connectivity index (χ2v) is 9.19. The number of carbonyl (C=O) groups excluding carboxylic acids is 2. The van der Waals surface area contributed by atoms with Crippen molar-refractivity contribution in [3.05, 3.63) is 64.2 Å². The van der Waals surface area contributed by atoms with Crippen LogP contribution in [0.15, 0.2) is 41.3 Å². The van der Waals surface area contributed by atoms with Crippen molar-refractivity contribution in [2.24, 2.45) is 0 Å². The highest BCUT2D eigenvalue weighted by Gasteiger charge is 2.37. The minimum absolute atomic E-state index is 0.0766. The number of imidazole rings is 1. The highest BCUT2D eigenvalue weighted by Crippen LogP contribution is 2.30. The van der Waals surface area contributed by atoms with Crippen molar-refractivity contribution in [1.29, 1.82) is 0 Å². The maximum atomic E-state index is 14.4. The van der Waals surface area contributed by atoms with Crippen LogP contribution >= 0.6 is 0 Å². The Morgan fingerprint density at radius 3 is 2.69 bits per heavy atom. The normalized spacial score (nSPS) is 21.5. The zero-order valence-electron chi connectivity index (χ0n) is 19.2. The maximum Gasteiger partial charge on any atom is 0.327 e. The first-order valence-corrected chi connectivity index (χ1v) is 11.6. The SMILES string of the molecule is CN1CC(c2cccc(F)c2F)CC(NC(=O)N2CCC(n3c(=O)[nH]c4ncccc43)CC2)C1=O. The van der Waals surface area contributed by atoms with Crippen LogP contribution in [0.1, 0.15) is 36.8 Å². The standard InChI is InChI=1S/C24H26F2N6O3/c1-30-13-14(16-4-2-5-17(25)20(16)26)12-18(22(30)33)28-23(34)31-10-7-15(8-11-31)32-19-6-3-9-27-21(19)29-24(32)35/h2-6,9,14-15,18H,7-8,10-13H2,1H3,(H,28,34)(H,27,29,35). The van der Waals surface area contributed by atoms with Gasteiger partial charge in [-0.25, -0.2) is 23.4 Å². The summed E-state index contributed by atoms with van der Waals surface area (Å²) in [4.78, 5) is 48.2. The molecule has 5 rings (SSSR count). The summed E-state index contributed by atoms with van der Waals surface area (Å²) in [7, 11) is 1.59. The monoisotopic (exact) mass is 484 g/mol. The first kappa shape index (κ1) is 23.0. The Bertz CT molecular complexity index is 1330. The van der Waals surface area contributed by atoms with E-state index >= 15 is 0 Å². The number of likely N-dealkylation sites (tertiary alicyclic amines) is 2. The molecule has 0 saturated carbocycles. The molecule has 4 heterocycles. The lowest BCUT2D eigenvalue weighted by Gasteiger charge is -2.38. The van der Waals surface area contributed by atoms with Crippen LogP contribution in [0.5, 0.6) is 0 Å². The summed E-state index contributed by atoms with van der Waals surface area (Å²) in [6.07, 6.45) is 2.95. The minimum Gasteiger partial charge on any atom is -0.343 e. The molecule has 2 N–H and O–H groups in total. The lowest BCUT2D eigenvalue weighted by molar-refractivity contribution is -0.134. The molecular weight excluding hydrogens is 458 g/mol. The number of rotatable bonds is 3. The fourth-order valence-corrected chi connectivity index (χ4v) is 5.22. The predicted molar refractivity (Wildman–Crippen MR) is 124 cm³/mol. The summed E-state index contributed by atoms with van der Waals surface area (Å²) < 4.78 is 29.8. The molecule has 3 aromatic rings. The maximum absolute atomic E-state index is 14.4. The summed E-state index contributed by atoms with van der Waals surface area (Å²) in [6.45, 7) is 1.06. The van der Waals surface area contributed by atoms with Crippen molar-refractivity contribution in [3.63, 3.8) is 0 Å². The van der Waals surface area contributed by atoms with Crippen LogP contribution in [-0.2, 0) is 4.79 Å². The number of halogens is 2. The molecular formula is C24H26F2N6O3. The molecule has 2 aromatic heterocycles. The highest BCUT2D eigenvalue weighted by atomic mass is 19.2. The first-order chi connectivity index (χ1) is 16.8. The zero-order valence-corrected chi connectivity index (χ0v) is 19.2. The van der Waals surface area contributed by atoms with E-state index in [2.05, 4.69) is 15.3 Å². The number of nitrogens with zero attached hydrogens (tertiary/aromatic N) is 4. The zero-order chi connectivity index (χ0) is 24.7. The number of aromatic nitrogens is 3. The van der Waals surface area contributed by atoms with E-state index in [9.17, 15) is 23.2 Å². The van der Waals surface area contributed by atoms with Gasteiger partial charge in [0.1, 0.15) is 6.04 Å². The number of likely N-dealkylation sites (N-methyl/N-ethyl adjacent to an activating group) is 1. The van der Waals surface area contributed by atoms with E-state index in [4.69, 9.17) is 0 Å². The summed E-state index contributed by atoms with van der Waals surface area (Å²) >= 11 is 0. The van der Waals surface area contributed by atoms with Gasteiger partial charge in [0.25, 0.3) is 0 Å². The van der Waals surface area contributed by atoms with Gasteiger partial charge in [-0.1, -0.05) is 12.1 Å². The van der Waals surface area contributed by atoms with E-state index in [0.29, 0.717) is 31.6 Å². The number of benzene rings is 1. The molecule has 11 heteroatoms. The van der Waals surface area contributed by atoms with E-state index in [1.165, 1.54) is 17.0 Å². The van der Waals surface area contributed by atoms with Crippen molar-refractivity contribution in [3.8, 4) is 0 Å². The molecule has 2 saturated heterocycles. The van der Waals surface area contributed by atoms with Crippen LogP contribution < -0.4 is 11.0 Å². The third-order valence-electron chi connectivity index (χ3n) is 7.01. The smallest absolute Gasteiger partial charge is 0.327 e. The van der Waals surface area contributed by atoms with Gasteiger partial charge in [0.15, 0.2) is 17.3 Å². The number of aromatic amines is 1. The Kier molecular flexibility index (Phi) is 6.00. The minimum atomic E-state index is -0.935. The van der Waals surface area contributed by atoms with Crippen LogP contribution in [0, 0.1) is 11.6 Å². The van der Waals surface area contributed by atoms with Gasteiger partial charge < -0.3 is 15.1 Å². The van der Waals surface area contributed by atoms with Crippen LogP contribution in [0.3, 0.4) is 0 Å². The molecule has 0 spiro atoms. The van der Waals surface area contributed by atoms with Gasteiger partial charge in [-0.3, -0.25) is 14.3 Å². The molecule has 0 aliphatic carbocycles. The number of H-pyrrole nitrogens is 1. The number of nitrogens with one attached hydrogen (secondary N) is 2. The Labute approximate surface area is 199 Å². The van der Waals surface area contributed by atoms with E-state index in [1.807, 2.05) is 6.07 Å². The van der Waals surface area contributed by atoms with Gasteiger partial charge in [-0.05, 0) is 43.0 Å². The summed E-state index contributed by atoms with van der Waals surface area (Å²) in [5.74, 6) is -2.56. The molecule has 1 aromatic carbocycles. The van der Waals surface area contributed by atoms with Gasteiger partial charge in [0.05, 0.1) is 5.52 Å². The van der Waals surface area contributed by atoms with E-state index < -0.39 is 23.6 Å². The lowest BCUT2D eigenvalue weighted by atomic mass is 9.87. The van der Waals surface area contributed by atoms with Gasteiger partial charge in [0, 0.05) is 44.8 Å². The lowest BCUT2D eigenvalue weighted by Crippen LogP contribution is -2.56. The number of pyridine rings is 1. The Morgan fingerprint density at radius 1 is 1.14 bits per heavy atom. The molecule has 0 bridgehead atoms. The first-order valence-electron chi connectivity index (χ1n) is 11.6. The quantitative estimate of drug-likeness (QED) is 0.596. The van der Waals surface area contributed by atoms with Crippen LogP contribution in [0.4, 0.5) is 13.6 Å². The Morgan fingerprint density at radius 2 is 1.91 bits per heavy atom. The second kappa shape index (κ2) is 9.12. The molecule has 2 aliphatic heterocycles. The Hall–Kier alpha value is -3.76. The fourth-order valence-electron chi connectivity index (χ4n) is 5.22. The van der Waals surface area contributed by atoms with Crippen molar-refractivity contribution in [1.82, 2.24) is 29.7 Å². The average Bonchev–Trinajstić information content (AvgIpc) is 3.19. The van der Waals surface area contributed by atoms with Gasteiger partial charge in [-0.2, -0.15) is 0 Å². The second-order valence-electron chi connectivity index (χ2n) is 9.19. The van der Waals surface area contributed by atoms with E-state index in [-0.39, 0.29) is 42.2 Å². The third-order valence-corrected chi connectivity index (χ3v) is 7.01. The molecule has 0 radical (unpaired) electrons. The molecule has 2 aliphatic rings. The van der Waals surface area contributed by atoms with E-state index in [1.54, 1.807) is 28.8 Å². The topological polar surface area (TPSA) is 103 Å². The fraction of sp³-hybridized carbons (Fsp3) is 0.417. The third kappa shape index (κ3) is 4.26. The average molecular weight is 485 g/mol. The summed E-state index contributed by atoms with van der Waals surface area (Å²) in [6, 6.07) is 6.32. The molecule has 3 amide bonds. The predicted octanol–water partition coefficient (Wildman–Crippen LogP) is 2.36. The molecule has 2 fully saturated rings. The van der Waals surface area contributed by atoms with Crippen LogP contribution in [-0.4, -0.2) is 69.0 Å². The summed E-state index contributed by atoms with van der Waals surface area (Å²) in [5, 5.41) is 2.79. The number of amides is 3. The molecule has 2 unspecified atom stereocenters. The summed E-state index contributed by atoms with van der Waals surface area (Å²) in [5.41, 5.74) is 1.23. The van der Waals surface area contributed by atoms with Crippen molar-refractivity contribution < 1.29 is 18.4 Å². The number of hydrogen-bond acceptors (Lipinski definition) is 4. The van der Waals surface area contributed by atoms with Crippen molar-refractivity contribution in [2.45, 2.75) is 37.3 Å². The molecule has 9 nitrogen and oxygen atoms in total. The van der Waals surface area contributed by atoms with Gasteiger partial charge in [-0.15, -0.1) is 0 Å². The highest BCUT2D eigenvalue weighted by molar-refractivity contribution is 5.87. The van der Waals surface area contributed by atoms with Crippen LogP contribution in [0.25, 0.3) is 11.2 Å². The Balaban J connectivity index is 1.25. The van der Waals surface area contributed by atoms with Crippen molar-refractivity contribution in [2.75, 3.05) is 26.7 Å². The molecule has 35 heavy (non-hydrogen) atoms. The molecule has 184 valence electrons. The van der Waals surface area contributed by atoms with Gasteiger partial charge >= 0.3 is 11.7 Å². The van der Waals surface area contributed by atoms with Gasteiger partial charge in [0.2, 0.25) is 5.91 Å². The van der Waals surface area contributed by atoms with Crippen LogP contribution in [0.2, 0.25) is 0 Å². The number of carbonyl (C=O) groups is 2. The van der Waals surface area contributed by atoms with E-state index in [0.717, 1.165) is 11.6 Å². The largest absolute Gasteiger partial charge is 0.343 e. The number of hydrogen-bond donors (Lipinski definition) is 2. The van der Waals surface area contributed by atoms with Crippen molar-refractivity contribution >= 4 is 23.1 Å². The number of fused-ring (bicyclic) bond motifs is 1. The number of urea groups is 1. The molecule has 2 atom stereocenters. The number of piperidine rings is 2.